The van der Waals surface area contributed by atoms with E-state index in [2.05, 4.69) is 44.0 Å². The first-order valence-electron chi connectivity index (χ1n) is 7.77. The second-order valence-electron chi connectivity index (χ2n) is 6.55. The Kier molecular flexibility index (Phi) is 3.14. The number of phosphoric acid groups is 1. The minimum absolute atomic E-state index is 0.205. The van der Waals surface area contributed by atoms with Crippen LogP contribution in [0.15, 0.2) is 33.2 Å². The zero-order valence-electron chi connectivity index (χ0n) is 12.5. The Hall–Kier alpha value is -0.810. The SMILES string of the molecule is O=P1(O)Oc2c(Br)ccc3c2C2(CC3)CCc3ccc(Br)c(c32)O1. The largest absolute Gasteiger partial charge is 0.584 e. The van der Waals surface area contributed by atoms with Crippen molar-refractivity contribution in [3.05, 3.63) is 55.5 Å². The highest BCUT2D eigenvalue weighted by Crippen LogP contribution is 2.64. The molecule has 24 heavy (non-hydrogen) atoms. The second-order valence-corrected chi connectivity index (χ2v) is 9.57. The van der Waals surface area contributed by atoms with E-state index in [0.717, 1.165) is 36.8 Å². The molecule has 124 valence electrons. The van der Waals surface area contributed by atoms with Crippen LogP contribution in [-0.2, 0) is 22.8 Å². The summed E-state index contributed by atoms with van der Waals surface area (Å²) in [5.74, 6) is 0.906. The molecule has 5 rings (SSSR count). The van der Waals surface area contributed by atoms with E-state index in [4.69, 9.17) is 9.05 Å². The molecule has 1 N–H and O–H groups in total. The van der Waals surface area contributed by atoms with E-state index in [9.17, 15) is 9.46 Å². The lowest BCUT2D eigenvalue weighted by Gasteiger charge is -2.33. The molecule has 2 aromatic carbocycles. The molecule has 0 radical (unpaired) electrons. The molecular weight excluding hydrogens is 459 g/mol. The maximum atomic E-state index is 12.6. The molecule has 1 heterocycles. The van der Waals surface area contributed by atoms with Crippen molar-refractivity contribution in [2.24, 2.45) is 0 Å². The van der Waals surface area contributed by atoms with Crippen LogP contribution in [0, 0.1) is 0 Å². The van der Waals surface area contributed by atoms with Crippen LogP contribution in [0.25, 0.3) is 0 Å². The Morgan fingerprint density at radius 1 is 0.917 bits per heavy atom. The summed E-state index contributed by atoms with van der Waals surface area (Å²) in [6.07, 6.45) is 3.79. The molecule has 2 aliphatic carbocycles. The Morgan fingerprint density at radius 2 is 1.38 bits per heavy atom. The van der Waals surface area contributed by atoms with Crippen LogP contribution in [-0.4, -0.2) is 4.89 Å². The maximum absolute atomic E-state index is 12.6. The van der Waals surface area contributed by atoms with E-state index in [1.54, 1.807) is 0 Å². The first-order chi connectivity index (χ1) is 11.4. The fraction of sp³-hybridized carbons (Fsp3) is 0.294. The molecule has 0 atom stereocenters. The topological polar surface area (TPSA) is 55.8 Å². The molecule has 2 aromatic rings. The fourth-order valence-electron chi connectivity index (χ4n) is 4.54. The summed E-state index contributed by atoms with van der Waals surface area (Å²) in [5, 5.41) is 0. The van der Waals surface area contributed by atoms with Gasteiger partial charge in [-0.25, -0.2) is 4.57 Å². The standard InChI is InChI=1S/C17H13Br2O4P/c18-11-3-1-9-5-7-17-8-6-10-2-4-12(19)16(14(10)17)23-24(20,21)22-15(11)13(9)17/h1-4H,5-8H2,(H,20,21). The van der Waals surface area contributed by atoms with E-state index in [0.29, 0.717) is 20.4 Å². The van der Waals surface area contributed by atoms with Gasteiger partial charge >= 0.3 is 7.82 Å². The predicted octanol–water partition coefficient (Wildman–Crippen LogP) is 5.26. The van der Waals surface area contributed by atoms with Crippen molar-refractivity contribution in [1.82, 2.24) is 0 Å². The third kappa shape index (κ3) is 1.91. The van der Waals surface area contributed by atoms with Gasteiger partial charge in [0.1, 0.15) is 0 Å². The van der Waals surface area contributed by atoms with Crippen molar-refractivity contribution >= 4 is 39.7 Å². The van der Waals surface area contributed by atoms with Crippen molar-refractivity contribution < 1.29 is 18.5 Å². The Morgan fingerprint density at radius 3 is 1.83 bits per heavy atom. The summed E-state index contributed by atoms with van der Waals surface area (Å²) in [6, 6.07) is 7.93. The molecule has 3 aliphatic rings. The molecule has 0 aromatic heterocycles. The Bertz CT molecular complexity index is 883. The molecular formula is C17H13Br2O4P. The van der Waals surface area contributed by atoms with Crippen molar-refractivity contribution in [3.8, 4) is 11.5 Å². The fourth-order valence-corrected chi connectivity index (χ4v) is 6.49. The minimum atomic E-state index is -4.28. The summed E-state index contributed by atoms with van der Waals surface area (Å²) < 4.78 is 25.0. The van der Waals surface area contributed by atoms with Crippen LogP contribution >= 0.6 is 39.7 Å². The van der Waals surface area contributed by atoms with E-state index in [1.165, 1.54) is 11.1 Å². The monoisotopic (exact) mass is 470 g/mol. The predicted molar refractivity (Wildman–Crippen MR) is 96.8 cm³/mol. The van der Waals surface area contributed by atoms with E-state index < -0.39 is 7.82 Å². The zero-order valence-corrected chi connectivity index (χ0v) is 16.6. The lowest BCUT2D eigenvalue weighted by atomic mass is 9.76. The lowest BCUT2D eigenvalue weighted by Crippen LogP contribution is -2.25. The highest BCUT2D eigenvalue weighted by Gasteiger charge is 2.52. The average molecular weight is 472 g/mol. The molecule has 0 fully saturated rings. The molecule has 1 aliphatic heterocycles. The molecule has 0 bridgehead atoms. The van der Waals surface area contributed by atoms with Crippen LogP contribution in [0.5, 0.6) is 11.5 Å². The smallest absolute Gasteiger partial charge is 0.394 e. The van der Waals surface area contributed by atoms with Gasteiger partial charge in [-0.2, -0.15) is 0 Å². The molecule has 4 nitrogen and oxygen atoms in total. The maximum Gasteiger partial charge on any atom is 0.584 e. The molecule has 0 unspecified atom stereocenters. The number of hydrogen-bond acceptors (Lipinski definition) is 3. The number of aryl methyl sites for hydroxylation is 2. The van der Waals surface area contributed by atoms with Crippen LogP contribution < -0.4 is 9.05 Å². The van der Waals surface area contributed by atoms with Crippen LogP contribution in [0.1, 0.15) is 35.1 Å². The van der Waals surface area contributed by atoms with Crippen molar-refractivity contribution in [2.75, 3.05) is 0 Å². The Balaban J connectivity index is 1.94. The van der Waals surface area contributed by atoms with Gasteiger partial charge in [0.2, 0.25) is 0 Å². The van der Waals surface area contributed by atoms with Gasteiger partial charge in [0.05, 0.1) is 8.95 Å². The lowest BCUT2D eigenvalue weighted by molar-refractivity contribution is 0.279. The summed E-state index contributed by atoms with van der Waals surface area (Å²) in [5.41, 5.74) is 4.27. The van der Waals surface area contributed by atoms with Gasteiger partial charge in [-0.1, -0.05) is 12.1 Å². The number of rotatable bonds is 0. The highest BCUT2D eigenvalue weighted by molar-refractivity contribution is 9.11. The number of halogens is 2. The number of phosphoric ester groups is 1. The summed E-state index contributed by atoms with van der Waals surface area (Å²) in [4.78, 5) is 10.3. The van der Waals surface area contributed by atoms with Gasteiger partial charge in [0.15, 0.2) is 11.5 Å². The van der Waals surface area contributed by atoms with Crippen molar-refractivity contribution in [3.63, 3.8) is 0 Å². The van der Waals surface area contributed by atoms with Crippen LogP contribution in [0.2, 0.25) is 0 Å². The van der Waals surface area contributed by atoms with Gasteiger partial charge in [0, 0.05) is 16.5 Å². The zero-order chi connectivity index (χ0) is 16.7. The summed E-state index contributed by atoms with van der Waals surface area (Å²) in [7, 11) is -4.28. The third-order valence-corrected chi connectivity index (χ3v) is 7.48. The second kappa shape index (κ2) is 4.88. The number of benzene rings is 2. The van der Waals surface area contributed by atoms with Crippen molar-refractivity contribution in [1.29, 1.82) is 0 Å². The quantitative estimate of drug-likeness (QED) is 0.532. The van der Waals surface area contributed by atoms with E-state index in [-0.39, 0.29) is 5.41 Å². The molecule has 7 heteroatoms. The summed E-state index contributed by atoms with van der Waals surface area (Å²) in [6.45, 7) is 0. The van der Waals surface area contributed by atoms with Gasteiger partial charge in [-0.15, -0.1) is 0 Å². The molecule has 0 saturated carbocycles. The first-order valence-corrected chi connectivity index (χ1v) is 10.9. The van der Waals surface area contributed by atoms with Gasteiger partial charge in [-0.05, 0) is 80.8 Å². The van der Waals surface area contributed by atoms with Gasteiger partial charge < -0.3 is 9.05 Å². The van der Waals surface area contributed by atoms with Crippen LogP contribution in [0.4, 0.5) is 0 Å². The molecule has 0 amide bonds. The number of hydrogen-bond donors (Lipinski definition) is 1. The molecule has 1 spiro atoms. The van der Waals surface area contributed by atoms with E-state index in [1.807, 2.05) is 12.1 Å². The van der Waals surface area contributed by atoms with E-state index >= 15 is 0 Å². The third-order valence-electron chi connectivity index (χ3n) is 5.40. The minimum Gasteiger partial charge on any atom is -0.394 e. The highest BCUT2D eigenvalue weighted by atomic mass is 79.9. The van der Waals surface area contributed by atoms with Crippen molar-refractivity contribution in [2.45, 2.75) is 31.1 Å². The first kappa shape index (κ1) is 15.4. The normalized spacial score (nSPS) is 21.1. The molecule has 0 saturated heterocycles. The average Bonchev–Trinajstić information content (AvgIpc) is 3.07. The van der Waals surface area contributed by atoms with Gasteiger partial charge in [-0.3, -0.25) is 4.89 Å². The van der Waals surface area contributed by atoms with Gasteiger partial charge in [0.25, 0.3) is 0 Å². The Labute approximate surface area is 156 Å². The van der Waals surface area contributed by atoms with Crippen LogP contribution in [0.3, 0.4) is 0 Å². The summed E-state index contributed by atoms with van der Waals surface area (Å²) >= 11 is 6.97.